The molecule has 2 aromatic heterocycles. The lowest BCUT2D eigenvalue weighted by Crippen LogP contribution is -2.45. The van der Waals surface area contributed by atoms with Gasteiger partial charge in [0.25, 0.3) is 0 Å². The third-order valence-corrected chi connectivity index (χ3v) is 7.27. The van der Waals surface area contributed by atoms with Gasteiger partial charge in [-0.05, 0) is 76.1 Å². The van der Waals surface area contributed by atoms with Crippen LogP contribution in [0.2, 0.25) is 5.02 Å². The quantitative estimate of drug-likeness (QED) is 0.231. The smallest absolute Gasteiger partial charge is 0.410 e. The normalized spacial score (nSPS) is 14.8. The average Bonchev–Trinajstić information content (AvgIpc) is 3.47. The maximum atomic E-state index is 13.5. The lowest BCUT2D eigenvalue weighted by molar-refractivity contribution is -0.120. The van der Waals surface area contributed by atoms with E-state index in [1.54, 1.807) is 18.3 Å². The molecule has 1 fully saturated rings. The second-order valence-electron chi connectivity index (χ2n) is 11.7. The van der Waals surface area contributed by atoms with Gasteiger partial charge in [0, 0.05) is 37.9 Å². The van der Waals surface area contributed by atoms with Crippen LogP contribution in [0.15, 0.2) is 61.1 Å². The van der Waals surface area contributed by atoms with Crippen LogP contribution in [0.3, 0.4) is 0 Å². The van der Waals surface area contributed by atoms with E-state index in [2.05, 4.69) is 25.6 Å². The predicted molar refractivity (Wildman–Crippen MR) is 172 cm³/mol. The molecule has 4 aromatic rings. The number of aromatic nitrogens is 3. The van der Waals surface area contributed by atoms with Crippen LogP contribution in [0.25, 0.3) is 10.9 Å². The highest BCUT2D eigenvalue weighted by atomic mass is 35.5. The molecule has 2 aromatic carbocycles. The van der Waals surface area contributed by atoms with Gasteiger partial charge in [-0.3, -0.25) is 14.7 Å². The first-order valence-electron chi connectivity index (χ1n) is 14.3. The van der Waals surface area contributed by atoms with Gasteiger partial charge < -0.3 is 25.0 Å². The number of nitrogens with zero attached hydrogens (tertiary/aromatic N) is 5. The van der Waals surface area contributed by atoms with Gasteiger partial charge in [-0.25, -0.2) is 14.8 Å². The lowest BCUT2D eigenvalue weighted by atomic mass is 10.1. The van der Waals surface area contributed by atoms with Crippen molar-refractivity contribution in [3.05, 3.63) is 71.8 Å². The molecule has 3 heterocycles. The van der Waals surface area contributed by atoms with Gasteiger partial charge in [-0.2, -0.15) is 0 Å². The Morgan fingerprint density at radius 2 is 1.91 bits per heavy atom. The average molecular weight is 618 g/mol. The van der Waals surface area contributed by atoms with Crippen molar-refractivity contribution in [2.24, 2.45) is 0 Å². The fourth-order valence-corrected chi connectivity index (χ4v) is 5.16. The molecule has 1 aliphatic rings. The highest BCUT2D eigenvalue weighted by Crippen LogP contribution is 2.35. The predicted octanol–water partition coefficient (Wildman–Crippen LogP) is 6.40. The molecule has 12 heteroatoms. The molecule has 1 aliphatic heterocycles. The van der Waals surface area contributed by atoms with E-state index in [0.29, 0.717) is 64.9 Å². The zero-order chi connectivity index (χ0) is 31.4. The molecule has 1 atom stereocenters. The van der Waals surface area contributed by atoms with Gasteiger partial charge in [-0.1, -0.05) is 17.7 Å². The molecule has 0 saturated carbocycles. The van der Waals surface area contributed by atoms with E-state index in [-0.39, 0.29) is 5.91 Å². The summed E-state index contributed by atoms with van der Waals surface area (Å²) < 4.78 is 11.4. The Labute approximate surface area is 261 Å². The number of halogens is 1. The van der Waals surface area contributed by atoms with E-state index in [1.807, 2.05) is 76.2 Å². The maximum absolute atomic E-state index is 13.5. The van der Waals surface area contributed by atoms with Crippen molar-refractivity contribution < 1.29 is 19.1 Å². The fourth-order valence-electron chi connectivity index (χ4n) is 4.92. The molecule has 0 aliphatic carbocycles. The second-order valence-corrected chi connectivity index (χ2v) is 12.1. The van der Waals surface area contributed by atoms with Crippen molar-refractivity contribution in [3.8, 4) is 5.75 Å². The SMILES string of the molecule is CN(C)c1cc2ncnc(Nc3ccc(OCc4ccccn4)c(Cl)c3)c2cc1NC(=O)[C@@H]1CCCN1C(=O)OC(C)(C)C. The van der Waals surface area contributed by atoms with Crippen LogP contribution in [0.5, 0.6) is 5.75 Å². The molecule has 44 heavy (non-hydrogen) atoms. The van der Waals surface area contributed by atoms with Crippen LogP contribution in [-0.4, -0.2) is 64.1 Å². The summed E-state index contributed by atoms with van der Waals surface area (Å²) in [6, 6.07) is 14.1. The van der Waals surface area contributed by atoms with Gasteiger partial charge in [0.2, 0.25) is 5.91 Å². The standard InChI is InChI=1S/C32H36ClN7O4/c1-32(2,3)44-31(42)40-14-8-10-26(40)30(41)38-25-16-22-24(17-27(25)39(4)5)35-19-36-29(22)37-20-11-12-28(23(33)15-20)43-18-21-9-6-7-13-34-21/h6-7,9,11-13,15-17,19,26H,8,10,14,18H2,1-5H3,(H,38,41)(H,35,36,37)/t26-/m0/s1. The van der Waals surface area contributed by atoms with Crippen LogP contribution in [0, 0.1) is 0 Å². The Kier molecular flexibility index (Phi) is 9.05. The zero-order valence-corrected chi connectivity index (χ0v) is 26.2. The second kappa shape index (κ2) is 12.9. The molecule has 0 unspecified atom stereocenters. The van der Waals surface area contributed by atoms with Gasteiger partial charge in [0.15, 0.2) is 0 Å². The van der Waals surface area contributed by atoms with E-state index in [1.165, 1.54) is 11.2 Å². The zero-order valence-electron chi connectivity index (χ0n) is 25.4. The molecule has 11 nitrogen and oxygen atoms in total. The molecule has 0 radical (unpaired) electrons. The minimum atomic E-state index is -0.655. The van der Waals surface area contributed by atoms with Crippen molar-refractivity contribution in [1.82, 2.24) is 19.9 Å². The number of likely N-dealkylation sites (tertiary alicyclic amines) is 1. The summed E-state index contributed by atoms with van der Waals surface area (Å²) in [5.74, 6) is 0.781. The van der Waals surface area contributed by atoms with Gasteiger partial charge in [0.05, 0.1) is 27.6 Å². The number of fused-ring (bicyclic) bond motifs is 1. The number of rotatable bonds is 8. The first-order chi connectivity index (χ1) is 21.0. The van der Waals surface area contributed by atoms with Crippen LogP contribution < -0.4 is 20.3 Å². The lowest BCUT2D eigenvalue weighted by Gasteiger charge is -2.28. The highest BCUT2D eigenvalue weighted by Gasteiger charge is 2.37. The minimum Gasteiger partial charge on any atom is -0.486 e. The van der Waals surface area contributed by atoms with Crippen LogP contribution in [0.4, 0.5) is 27.7 Å². The number of ether oxygens (including phenoxy) is 2. The summed E-state index contributed by atoms with van der Waals surface area (Å²) in [6.45, 7) is 6.18. The number of amides is 2. The summed E-state index contributed by atoms with van der Waals surface area (Å²) in [7, 11) is 3.78. The molecular formula is C32H36ClN7O4. The summed E-state index contributed by atoms with van der Waals surface area (Å²) in [5.41, 5.74) is 2.84. The van der Waals surface area contributed by atoms with Crippen molar-refractivity contribution in [3.63, 3.8) is 0 Å². The monoisotopic (exact) mass is 617 g/mol. The van der Waals surface area contributed by atoms with Gasteiger partial charge in [-0.15, -0.1) is 0 Å². The first kappa shape index (κ1) is 30.8. The summed E-state index contributed by atoms with van der Waals surface area (Å²) in [6.07, 6.45) is 3.96. The minimum absolute atomic E-state index is 0.282. The Bertz CT molecular complexity index is 1660. The van der Waals surface area contributed by atoms with Crippen molar-refractivity contribution >= 4 is 57.4 Å². The highest BCUT2D eigenvalue weighted by molar-refractivity contribution is 6.32. The number of anilines is 4. The third-order valence-electron chi connectivity index (χ3n) is 6.97. The van der Waals surface area contributed by atoms with E-state index in [9.17, 15) is 9.59 Å². The molecule has 0 spiro atoms. The summed E-state index contributed by atoms with van der Waals surface area (Å²) >= 11 is 6.54. The van der Waals surface area contributed by atoms with Crippen LogP contribution >= 0.6 is 11.6 Å². The first-order valence-corrected chi connectivity index (χ1v) is 14.7. The van der Waals surface area contributed by atoms with E-state index in [4.69, 9.17) is 21.1 Å². The van der Waals surface area contributed by atoms with Crippen molar-refractivity contribution in [1.29, 1.82) is 0 Å². The molecular weight excluding hydrogens is 582 g/mol. The van der Waals surface area contributed by atoms with E-state index < -0.39 is 17.7 Å². The molecule has 230 valence electrons. The molecule has 2 N–H and O–H groups in total. The Balaban J connectivity index is 1.38. The van der Waals surface area contributed by atoms with Gasteiger partial charge >= 0.3 is 6.09 Å². The fraction of sp³-hybridized carbons (Fsp3) is 0.344. The van der Waals surface area contributed by atoms with Crippen molar-refractivity contribution in [2.45, 2.75) is 51.9 Å². The number of hydrogen-bond donors (Lipinski definition) is 2. The number of hydrogen-bond acceptors (Lipinski definition) is 9. The van der Waals surface area contributed by atoms with Crippen molar-refractivity contribution in [2.75, 3.05) is 36.2 Å². The van der Waals surface area contributed by atoms with Crippen LogP contribution in [-0.2, 0) is 16.1 Å². The largest absolute Gasteiger partial charge is 0.486 e. The van der Waals surface area contributed by atoms with E-state index in [0.717, 1.165) is 11.4 Å². The molecule has 5 rings (SSSR count). The summed E-state index contributed by atoms with van der Waals surface area (Å²) in [4.78, 5) is 43.0. The molecule has 1 saturated heterocycles. The summed E-state index contributed by atoms with van der Waals surface area (Å²) in [5, 5.41) is 7.49. The van der Waals surface area contributed by atoms with Crippen LogP contribution in [0.1, 0.15) is 39.3 Å². The topological polar surface area (TPSA) is 122 Å². The maximum Gasteiger partial charge on any atom is 0.410 e. The number of nitrogens with one attached hydrogen (secondary N) is 2. The number of pyridine rings is 1. The Morgan fingerprint density at radius 1 is 1.09 bits per heavy atom. The number of benzene rings is 2. The molecule has 2 amide bonds. The number of carbonyl (C=O) groups is 2. The Morgan fingerprint density at radius 3 is 2.61 bits per heavy atom. The Hall–Kier alpha value is -4.64. The van der Waals surface area contributed by atoms with E-state index >= 15 is 0 Å². The molecule has 0 bridgehead atoms. The van der Waals surface area contributed by atoms with Gasteiger partial charge in [0.1, 0.15) is 36.1 Å². The third kappa shape index (κ3) is 7.28. The number of carbonyl (C=O) groups excluding carboxylic acids is 2.